The van der Waals surface area contributed by atoms with Crippen LogP contribution in [-0.4, -0.2) is 51.1 Å². The van der Waals surface area contributed by atoms with Crippen LogP contribution in [0.4, 0.5) is 9.52 Å². The van der Waals surface area contributed by atoms with Crippen molar-refractivity contribution in [1.29, 1.82) is 0 Å². The number of thiazole rings is 1. The molecule has 0 bridgehead atoms. The Morgan fingerprint density at radius 1 is 1.56 bits per heavy atom. The molecule has 0 radical (unpaired) electrons. The maximum absolute atomic E-state index is 14.2. The number of methoxy groups -OCH3 is 1. The van der Waals surface area contributed by atoms with Crippen LogP contribution in [0.5, 0.6) is 11.8 Å². The lowest BCUT2D eigenvalue weighted by atomic mass is 9.97. The second-order valence-corrected chi connectivity index (χ2v) is 8.08. The quantitative estimate of drug-likeness (QED) is 0.850. The molecule has 2 aliphatic rings. The Kier molecular flexibility index (Phi) is 4.47. The van der Waals surface area contributed by atoms with E-state index < -0.39 is 11.5 Å². The highest BCUT2D eigenvalue weighted by Gasteiger charge is 2.49. The molecule has 144 valence electrons. The van der Waals surface area contributed by atoms with Crippen LogP contribution in [0.25, 0.3) is 0 Å². The number of ether oxygens (including phenoxy) is 2. The highest BCUT2D eigenvalue weighted by atomic mass is 32.1. The number of rotatable bonds is 4. The average Bonchev–Trinajstić information content (AvgIpc) is 3.22. The van der Waals surface area contributed by atoms with Gasteiger partial charge in [-0.1, -0.05) is 11.3 Å². The van der Waals surface area contributed by atoms with Gasteiger partial charge in [0.15, 0.2) is 5.13 Å². The summed E-state index contributed by atoms with van der Waals surface area (Å²) in [5.74, 6) is 0.202. The van der Waals surface area contributed by atoms with Crippen LogP contribution < -0.4 is 14.8 Å². The van der Waals surface area contributed by atoms with Crippen LogP contribution >= 0.6 is 11.3 Å². The number of anilines is 1. The second kappa shape index (κ2) is 6.68. The Bertz CT molecular complexity index is 891. The van der Waals surface area contributed by atoms with Gasteiger partial charge in [-0.05, 0) is 6.92 Å². The van der Waals surface area contributed by atoms with E-state index in [0.717, 1.165) is 23.5 Å². The van der Waals surface area contributed by atoms with E-state index >= 15 is 0 Å². The summed E-state index contributed by atoms with van der Waals surface area (Å²) in [6, 6.07) is 0.201. The van der Waals surface area contributed by atoms with Crippen molar-refractivity contribution in [2.45, 2.75) is 44.9 Å². The number of nitrogens with one attached hydrogen (secondary N) is 1. The van der Waals surface area contributed by atoms with E-state index in [0.29, 0.717) is 36.1 Å². The predicted octanol–water partition coefficient (Wildman–Crippen LogP) is 2.01. The van der Waals surface area contributed by atoms with Gasteiger partial charge in [-0.15, -0.1) is 0 Å². The van der Waals surface area contributed by atoms with Crippen molar-refractivity contribution in [3.05, 3.63) is 22.7 Å². The minimum absolute atomic E-state index is 0.201. The molecule has 8 nitrogen and oxygen atoms in total. The Morgan fingerprint density at radius 3 is 3.11 bits per heavy atom. The molecule has 0 aliphatic carbocycles. The zero-order chi connectivity index (χ0) is 19.2. The van der Waals surface area contributed by atoms with E-state index in [1.54, 1.807) is 13.3 Å². The molecule has 2 aromatic rings. The minimum Gasteiger partial charge on any atom is -0.480 e. The fourth-order valence-corrected chi connectivity index (χ4v) is 4.65. The predicted molar refractivity (Wildman–Crippen MR) is 96.5 cm³/mol. The third kappa shape index (κ3) is 3.46. The van der Waals surface area contributed by atoms with Gasteiger partial charge in [-0.2, -0.15) is 9.37 Å². The number of aromatic nitrogens is 3. The SMILES string of the molecule is COc1cnc2c(n1)CC1(C[C@H](C)N(Cc3sc(NC(C)=O)nc3F)C1)O2. The summed E-state index contributed by atoms with van der Waals surface area (Å²) in [6.45, 7) is 4.52. The molecule has 4 rings (SSSR count). The van der Waals surface area contributed by atoms with Gasteiger partial charge in [0.25, 0.3) is 0 Å². The van der Waals surface area contributed by atoms with Gasteiger partial charge in [0.05, 0.1) is 18.2 Å². The third-order valence-corrected chi connectivity index (χ3v) is 5.79. The first-order valence-corrected chi connectivity index (χ1v) is 9.45. The fraction of sp³-hybridized carbons (Fsp3) is 0.529. The van der Waals surface area contributed by atoms with Crippen LogP contribution in [0.3, 0.4) is 0 Å². The molecule has 0 aromatic carbocycles. The zero-order valence-electron chi connectivity index (χ0n) is 15.3. The van der Waals surface area contributed by atoms with Gasteiger partial charge in [0, 0.05) is 38.9 Å². The molecular weight excluding hydrogens is 373 g/mol. The van der Waals surface area contributed by atoms with Crippen molar-refractivity contribution in [1.82, 2.24) is 19.9 Å². The zero-order valence-corrected chi connectivity index (χ0v) is 16.1. The van der Waals surface area contributed by atoms with Crippen molar-refractivity contribution in [2.75, 3.05) is 19.0 Å². The Balaban J connectivity index is 1.48. The largest absolute Gasteiger partial charge is 0.480 e. The van der Waals surface area contributed by atoms with Crippen LogP contribution in [0.15, 0.2) is 6.20 Å². The van der Waals surface area contributed by atoms with Gasteiger partial charge in [0.1, 0.15) is 11.3 Å². The summed E-state index contributed by atoms with van der Waals surface area (Å²) in [5.41, 5.74) is 0.385. The third-order valence-electron chi connectivity index (χ3n) is 4.86. The summed E-state index contributed by atoms with van der Waals surface area (Å²) in [5, 5.41) is 2.81. The normalized spacial score (nSPS) is 24.1. The van der Waals surface area contributed by atoms with Gasteiger partial charge in [0.2, 0.25) is 23.6 Å². The Labute approximate surface area is 159 Å². The van der Waals surface area contributed by atoms with E-state index in [1.165, 1.54) is 6.92 Å². The number of likely N-dealkylation sites (tertiary alicyclic amines) is 1. The molecule has 2 atom stereocenters. The number of hydrogen-bond acceptors (Lipinski definition) is 8. The highest BCUT2D eigenvalue weighted by molar-refractivity contribution is 7.15. The summed E-state index contributed by atoms with van der Waals surface area (Å²) >= 11 is 1.16. The highest BCUT2D eigenvalue weighted by Crippen LogP contribution is 2.42. The van der Waals surface area contributed by atoms with Crippen molar-refractivity contribution in [3.63, 3.8) is 0 Å². The molecule has 4 heterocycles. The van der Waals surface area contributed by atoms with E-state index in [9.17, 15) is 9.18 Å². The summed E-state index contributed by atoms with van der Waals surface area (Å²) in [7, 11) is 1.56. The monoisotopic (exact) mass is 393 g/mol. The van der Waals surface area contributed by atoms with E-state index in [4.69, 9.17) is 9.47 Å². The van der Waals surface area contributed by atoms with Gasteiger partial charge in [-0.3, -0.25) is 9.69 Å². The van der Waals surface area contributed by atoms with Crippen molar-refractivity contribution < 1.29 is 18.7 Å². The molecule has 0 saturated carbocycles. The average molecular weight is 393 g/mol. The standard InChI is InChI=1S/C17H20FN5O3S/c1-9-4-17(5-11-15(26-17)19-6-13(21-11)25-3)8-23(9)7-12-14(18)22-16(27-12)20-10(2)24/h6,9H,4-5,7-8H2,1-3H3,(H,20,22,24)/t9-,17?/m0/s1. The van der Waals surface area contributed by atoms with Crippen LogP contribution in [0, 0.1) is 5.95 Å². The lowest BCUT2D eigenvalue weighted by molar-refractivity contribution is -0.114. The summed E-state index contributed by atoms with van der Waals surface area (Å²) in [4.78, 5) is 26.3. The maximum atomic E-state index is 14.2. The molecule has 1 saturated heterocycles. The maximum Gasteiger partial charge on any atom is 0.236 e. The molecule has 2 aliphatic heterocycles. The van der Waals surface area contributed by atoms with Gasteiger partial charge < -0.3 is 14.8 Å². The van der Waals surface area contributed by atoms with Gasteiger partial charge >= 0.3 is 0 Å². The molecule has 10 heteroatoms. The van der Waals surface area contributed by atoms with Crippen molar-refractivity contribution >= 4 is 22.4 Å². The fourth-order valence-electron chi connectivity index (χ4n) is 3.73. The number of nitrogens with zero attached hydrogens (tertiary/aromatic N) is 4. The van der Waals surface area contributed by atoms with Crippen molar-refractivity contribution in [3.8, 4) is 11.8 Å². The molecule has 1 unspecified atom stereocenters. The summed E-state index contributed by atoms with van der Waals surface area (Å²) < 4.78 is 25.4. The molecule has 2 aromatic heterocycles. The van der Waals surface area contributed by atoms with E-state index in [1.807, 2.05) is 0 Å². The van der Waals surface area contributed by atoms with Crippen LogP contribution in [0.2, 0.25) is 0 Å². The van der Waals surface area contributed by atoms with Crippen LogP contribution in [-0.2, 0) is 17.8 Å². The van der Waals surface area contributed by atoms with E-state index in [2.05, 4.69) is 32.1 Å². The topological polar surface area (TPSA) is 89.5 Å². The number of carbonyl (C=O) groups excluding carboxylic acids is 1. The van der Waals surface area contributed by atoms with Crippen LogP contribution in [0.1, 0.15) is 30.8 Å². The first-order valence-electron chi connectivity index (χ1n) is 8.63. The van der Waals surface area contributed by atoms with Crippen molar-refractivity contribution in [2.24, 2.45) is 0 Å². The number of hydrogen-bond donors (Lipinski definition) is 1. The van der Waals surface area contributed by atoms with Gasteiger partial charge in [-0.25, -0.2) is 9.97 Å². The lowest BCUT2D eigenvalue weighted by Crippen LogP contribution is -2.37. The second-order valence-electron chi connectivity index (χ2n) is 7.00. The smallest absolute Gasteiger partial charge is 0.236 e. The summed E-state index contributed by atoms with van der Waals surface area (Å²) in [6.07, 6.45) is 2.99. The Morgan fingerprint density at radius 2 is 2.37 bits per heavy atom. The number of carbonyl (C=O) groups is 1. The first kappa shape index (κ1) is 18.1. The number of fused-ring (bicyclic) bond motifs is 1. The number of halogens is 1. The Hall–Kier alpha value is -2.33. The number of amides is 1. The minimum atomic E-state index is -0.541. The molecule has 1 amide bonds. The molecule has 1 fully saturated rings. The van der Waals surface area contributed by atoms with E-state index in [-0.39, 0.29) is 17.1 Å². The lowest BCUT2D eigenvalue weighted by Gasteiger charge is -2.23. The first-order chi connectivity index (χ1) is 12.9. The molecule has 1 N–H and O–H groups in total. The molecule has 1 spiro atoms. The molecule has 27 heavy (non-hydrogen) atoms. The molecular formula is C17H20FN5O3S.